The van der Waals surface area contributed by atoms with Gasteiger partial charge in [-0.25, -0.2) is 0 Å². The van der Waals surface area contributed by atoms with E-state index in [0.29, 0.717) is 0 Å². The fraction of sp³-hybridized carbons (Fsp3) is 0.800. The van der Waals surface area contributed by atoms with Crippen LogP contribution in [-0.4, -0.2) is 11.2 Å². The van der Waals surface area contributed by atoms with Gasteiger partial charge in [0.25, 0.3) is 0 Å². The highest BCUT2D eigenvalue weighted by Crippen LogP contribution is 2.25. The molecule has 0 bridgehead atoms. The second-order valence-corrected chi connectivity index (χ2v) is 4.03. The highest BCUT2D eigenvalue weighted by atomic mass is 16.3. The van der Waals surface area contributed by atoms with Gasteiger partial charge >= 0.3 is 0 Å². The minimum absolute atomic E-state index is 0.0112. The van der Waals surface area contributed by atoms with Gasteiger partial charge in [-0.3, -0.25) is 0 Å². The molecule has 1 N–H and O–H groups in total. The summed E-state index contributed by atoms with van der Waals surface area (Å²) < 4.78 is 0. The maximum Gasteiger partial charge on any atom is 0.0774 e. The van der Waals surface area contributed by atoms with Crippen LogP contribution in [0.4, 0.5) is 0 Å². The standard InChI is InChI=1S/C10H20O/c1-6-10(4,5)9(11)7-8(2)3/h7,9,11H,6H2,1-5H3. The van der Waals surface area contributed by atoms with Crippen LogP contribution < -0.4 is 0 Å². The Morgan fingerprint density at radius 1 is 1.45 bits per heavy atom. The Balaban J connectivity index is 4.24. The van der Waals surface area contributed by atoms with Crippen molar-refractivity contribution < 1.29 is 5.11 Å². The number of rotatable bonds is 3. The first-order valence-corrected chi connectivity index (χ1v) is 4.23. The lowest BCUT2D eigenvalue weighted by Crippen LogP contribution is -2.26. The Morgan fingerprint density at radius 2 is 1.91 bits per heavy atom. The fourth-order valence-electron chi connectivity index (χ4n) is 0.750. The molecule has 0 aromatic rings. The van der Waals surface area contributed by atoms with Crippen LogP contribution in [0.5, 0.6) is 0 Å². The van der Waals surface area contributed by atoms with Crippen molar-refractivity contribution in [3.8, 4) is 0 Å². The summed E-state index contributed by atoms with van der Waals surface area (Å²) in [6.07, 6.45) is 2.61. The molecule has 66 valence electrons. The van der Waals surface area contributed by atoms with Crippen LogP contribution in [0.2, 0.25) is 0 Å². The summed E-state index contributed by atoms with van der Waals surface area (Å²) in [6, 6.07) is 0. The number of hydrogen-bond donors (Lipinski definition) is 1. The van der Waals surface area contributed by atoms with Crippen LogP contribution in [0, 0.1) is 5.41 Å². The lowest BCUT2D eigenvalue weighted by Gasteiger charge is -2.27. The topological polar surface area (TPSA) is 20.2 Å². The summed E-state index contributed by atoms with van der Waals surface area (Å²) in [6.45, 7) is 10.3. The lowest BCUT2D eigenvalue weighted by atomic mass is 9.83. The average Bonchev–Trinajstić information content (AvgIpc) is 1.86. The third-order valence-electron chi connectivity index (χ3n) is 2.20. The van der Waals surface area contributed by atoms with Gasteiger partial charge in [-0.2, -0.15) is 0 Å². The summed E-state index contributed by atoms with van der Waals surface area (Å²) in [4.78, 5) is 0. The molecule has 0 aromatic carbocycles. The Morgan fingerprint density at radius 3 is 2.18 bits per heavy atom. The molecule has 0 saturated heterocycles. The third kappa shape index (κ3) is 3.57. The molecule has 1 nitrogen and oxygen atoms in total. The van der Waals surface area contributed by atoms with E-state index in [0.717, 1.165) is 6.42 Å². The molecule has 1 heteroatoms. The van der Waals surface area contributed by atoms with Crippen LogP contribution in [0.3, 0.4) is 0 Å². The molecule has 0 fully saturated rings. The smallest absolute Gasteiger partial charge is 0.0774 e. The van der Waals surface area contributed by atoms with Gasteiger partial charge in [0.05, 0.1) is 6.10 Å². The van der Waals surface area contributed by atoms with Crippen molar-refractivity contribution in [2.75, 3.05) is 0 Å². The van der Waals surface area contributed by atoms with E-state index in [1.54, 1.807) is 0 Å². The van der Waals surface area contributed by atoms with Gasteiger partial charge in [0, 0.05) is 0 Å². The van der Waals surface area contributed by atoms with E-state index in [-0.39, 0.29) is 11.5 Å². The highest BCUT2D eigenvalue weighted by Gasteiger charge is 2.23. The lowest BCUT2D eigenvalue weighted by molar-refractivity contribution is 0.0869. The van der Waals surface area contributed by atoms with E-state index in [1.807, 2.05) is 19.9 Å². The zero-order chi connectivity index (χ0) is 9.07. The van der Waals surface area contributed by atoms with Crippen LogP contribution >= 0.6 is 0 Å². The van der Waals surface area contributed by atoms with Gasteiger partial charge in [-0.05, 0) is 25.7 Å². The number of aliphatic hydroxyl groups is 1. The third-order valence-corrected chi connectivity index (χ3v) is 2.20. The molecule has 0 aliphatic heterocycles. The minimum Gasteiger partial charge on any atom is -0.388 e. The Hall–Kier alpha value is -0.300. The van der Waals surface area contributed by atoms with Gasteiger partial charge in [-0.15, -0.1) is 0 Å². The first-order valence-electron chi connectivity index (χ1n) is 4.23. The van der Waals surface area contributed by atoms with Crippen molar-refractivity contribution in [2.45, 2.75) is 47.1 Å². The first kappa shape index (κ1) is 10.7. The molecule has 0 saturated carbocycles. The summed E-state index contributed by atoms with van der Waals surface area (Å²) in [5.74, 6) is 0. The molecule has 0 radical (unpaired) electrons. The van der Waals surface area contributed by atoms with Crippen LogP contribution in [0.15, 0.2) is 11.6 Å². The molecular weight excluding hydrogens is 136 g/mol. The molecule has 0 rings (SSSR count). The van der Waals surface area contributed by atoms with Crippen LogP contribution in [-0.2, 0) is 0 Å². The van der Waals surface area contributed by atoms with Crippen molar-refractivity contribution in [1.29, 1.82) is 0 Å². The normalized spacial score (nSPS) is 14.4. The summed E-state index contributed by atoms with van der Waals surface area (Å²) >= 11 is 0. The summed E-state index contributed by atoms with van der Waals surface area (Å²) in [7, 11) is 0. The molecule has 0 amide bonds. The van der Waals surface area contributed by atoms with Crippen molar-refractivity contribution in [1.82, 2.24) is 0 Å². The van der Waals surface area contributed by atoms with Crippen molar-refractivity contribution in [2.24, 2.45) is 5.41 Å². The molecule has 1 unspecified atom stereocenters. The Bertz CT molecular complexity index is 141. The quantitative estimate of drug-likeness (QED) is 0.623. The van der Waals surface area contributed by atoms with E-state index in [1.165, 1.54) is 5.57 Å². The van der Waals surface area contributed by atoms with Crippen LogP contribution in [0.25, 0.3) is 0 Å². The second kappa shape index (κ2) is 3.91. The maximum absolute atomic E-state index is 9.67. The van der Waals surface area contributed by atoms with Crippen molar-refractivity contribution in [3.05, 3.63) is 11.6 Å². The number of hydrogen-bond acceptors (Lipinski definition) is 1. The van der Waals surface area contributed by atoms with E-state index in [4.69, 9.17) is 0 Å². The van der Waals surface area contributed by atoms with Gasteiger partial charge in [0.2, 0.25) is 0 Å². The zero-order valence-corrected chi connectivity index (χ0v) is 8.31. The predicted octanol–water partition coefficient (Wildman–Crippen LogP) is 2.75. The van der Waals surface area contributed by atoms with Gasteiger partial charge in [0.1, 0.15) is 0 Å². The molecule has 11 heavy (non-hydrogen) atoms. The Labute approximate surface area is 70.1 Å². The summed E-state index contributed by atoms with van der Waals surface area (Å²) in [5, 5.41) is 9.67. The van der Waals surface area contributed by atoms with E-state index >= 15 is 0 Å². The minimum atomic E-state index is -0.308. The average molecular weight is 156 g/mol. The molecule has 0 heterocycles. The molecular formula is C10H20O. The first-order chi connectivity index (χ1) is 4.90. The van der Waals surface area contributed by atoms with Crippen molar-refractivity contribution >= 4 is 0 Å². The van der Waals surface area contributed by atoms with E-state index < -0.39 is 0 Å². The molecule has 1 atom stereocenters. The van der Waals surface area contributed by atoms with Gasteiger partial charge < -0.3 is 5.11 Å². The molecule has 0 aromatic heterocycles. The SMILES string of the molecule is CCC(C)(C)C(O)C=C(C)C. The molecule has 0 spiro atoms. The second-order valence-electron chi connectivity index (χ2n) is 4.03. The van der Waals surface area contributed by atoms with Crippen molar-refractivity contribution in [3.63, 3.8) is 0 Å². The predicted molar refractivity (Wildman–Crippen MR) is 49.5 cm³/mol. The molecule has 0 aliphatic rings. The van der Waals surface area contributed by atoms with E-state index in [2.05, 4.69) is 20.8 Å². The highest BCUT2D eigenvalue weighted by molar-refractivity contribution is 5.02. The van der Waals surface area contributed by atoms with Crippen LogP contribution in [0.1, 0.15) is 41.0 Å². The fourth-order valence-corrected chi connectivity index (χ4v) is 0.750. The zero-order valence-electron chi connectivity index (χ0n) is 8.31. The summed E-state index contributed by atoms with van der Waals surface area (Å²) in [5.41, 5.74) is 1.19. The monoisotopic (exact) mass is 156 g/mol. The molecule has 0 aliphatic carbocycles. The van der Waals surface area contributed by atoms with Gasteiger partial charge in [-0.1, -0.05) is 32.4 Å². The number of allylic oxidation sites excluding steroid dienone is 1. The largest absolute Gasteiger partial charge is 0.388 e. The number of aliphatic hydroxyl groups excluding tert-OH is 1. The van der Waals surface area contributed by atoms with Gasteiger partial charge in [0.15, 0.2) is 0 Å². The van der Waals surface area contributed by atoms with E-state index in [9.17, 15) is 5.11 Å². The maximum atomic E-state index is 9.67. The Kier molecular flexibility index (Phi) is 3.81.